The number of sulfone groups is 1. The summed E-state index contributed by atoms with van der Waals surface area (Å²) < 4.78 is 22.7. The quantitative estimate of drug-likeness (QED) is 0.936. The van der Waals surface area contributed by atoms with Crippen LogP contribution in [0.15, 0.2) is 41.6 Å². The molecule has 22 heavy (non-hydrogen) atoms. The highest BCUT2D eigenvalue weighted by Gasteiger charge is 2.11. The number of carbonyl (C=O) groups excluding carboxylic acids is 1. The zero-order valence-electron chi connectivity index (χ0n) is 12.8. The normalized spacial score (nSPS) is 11.2. The van der Waals surface area contributed by atoms with E-state index < -0.39 is 9.84 Å². The van der Waals surface area contributed by atoms with Crippen LogP contribution in [-0.2, 0) is 16.4 Å². The number of aromatic nitrogens is 1. The molecule has 0 spiro atoms. The summed E-state index contributed by atoms with van der Waals surface area (Å²) in [5.41, 5.74) is 3.39. The second-order valence-electron chi connectivity index (χ2n) is 5.21. The molecule has 0 aliphatic rings. The molecule has 0 radical (unpaired) electrons. The molecule has 1 aromatic carbocycles. The van der Waals surface area contributed by atoms with Gasteiger partial charge >= 0.3 is 0 Å². The zero-order valence-corrected chi connectivity index (χ0v) is 13.6. The molecule has 5 nitrogen and oxygen atoms in total. The van der Waals surface area contributed by atoms with Crippen molar-refractivity contribution >= 4 is 15.7 Å². The summed E-state index contributed by atoms with van der Waals surface area (Å²) in [6, 6.07) is 8.67. The number of nitrogens with one attached hydrogen (secondary N) is 1. The molecule has 1 amide bonds. The predicted octanol–water partition coefficient (Wildman–Crippen LogP) is 2.03. The lowest BCUT2D eigenvalue weighted by Crippen LogP contribution is -2.24. The molecule has 1 N–H and O–H groups in total. The first kappa shape index (κ1) is 16.2. The molecule has 2 rings (SSSR count). The molecule has 116 valence electrons. The molecule has 0 saturated heterocycles. The molecule has 2 aromatic rings. The number of pyridine rings is 1. The van der Waals surface area contributed by atoms with Crippen molar-refractivity contribution in [2.75, 3.05) is 6.26 Å². The molecular formula is C16H18N2O3S. The van der Waals surface area contributed by atoms with Crippen molar-refractivity contribution in [1.29, 1.82) is 0 Å². The number of aryl methyl sites for hydroxylation is 1. The van der Waals surface area contributed by atoms with E-state index in [0.29, 0.717) is 12.1 Å². The maximum atomic E-state index is 12.2. The number of nitrogens with zero attached hydrogens (tertiary/aromatic N) is 1. The fourth-order valence-electron chi connectivity index (χ4n) is 2.01. The summed E-state index contributed by atoms with van der Waals surface area (Å²) in [6.45, 7) is 4.16. The number of hydrogen-bond acceptors (Lipinski definition) is 4. The molecule has 0 bridgehead atoms. The van der Waals surface area contributed by atoms with Crippen LogP contribution in [0, 0.1) is 13.8 Å². The fraction of sp³-hybridized carbons (Fsp3) is 0.250. The Morgan fingerprint density at radius 2 is 1.91 bits per heavy atom. The van der Waals surface area contributed by atoms with Crippen LogP contribution < -0.4 is 5.32 Å². The van der Waals surface area contributed by atoms with Gasteiger partial charge in [0.15, 0.2) is 14.9 Å². The van der Waals surface area contributed by atoms with Crippen LogP contribution in [0.3, 0.4) is 0 Å². The number of benzene rings is 1. The van der Waals surface area contributed by atoms with Crippen LogP contribution in [0.4, 0.5) is 0 Å². The molecule has 0 atom stereocenters. The van der Waals surface area contributed by atoms with Gasteiger partial charge in [0.25, 0.3) is 5.91 Å². The number of carbonyl (C=O) groups is 1. The molecule has 0 aliphatic carbocycles. The Morgan fingerprint density at radius 1 is 1.18 bits per heavy atom. The maximum absolute atomic E-state index is 12.2. The molecule has 0 fully saturated rings. The molecule has 0 unspecified atom stereocenters. The Balaban J connectivity index is 2.07. The Morgan fingerprint density at radius 3 is 2.50 bits per heavy atom. The third-order valence-corrected chi connectivity index (χ3v) is 4.48. The summed E-state index contributed by atoms with van der Waals surface area (Å²) >= 11 is 0. The number of rotatable bonds is 4. The number of amides is 1. The van der Waals surface area contributed by atoms with Crippen molar-refractivity contribution in [2.24, 2.45) is 0 Å². The van der Waals surface area contributed by atoms with Crippen LogP contribution in [0.2, 0.25) is 0 Å². The largest absolute Gasteiger partial charge is 0.348 e. The van der Waals surface area contributed by atoms with E-state index in [-0.39, 0.29) is 10.9 Å². The minimum atomic E-state index is -3.30. The van der Waals surface area contributed by atoms with Crippen molar-refractivity contribution in [3.05, 3.63) is 58.8 Å². The predicted molar refractivity (Wildman–Crippen MR) is 84.4 cm³/mol. The minimum absolute atomic E-state index is 0.0251. The summed E-state index contributed by atoms with van der Waals surface area (Å²) in [4.78, 5) is 16.1. The van der Waals surface area contributed by atoms with E-state index in [1.54, 1.807) is 12.1 Å². The van der Waals surface area contributed by atoms with Crippen molar-refractivity contribution in [1.82, 2.24) is 10.3 Å². The van der Waals surface area contributed by atoms with Crippen LogP contribution in [0.5, 0.6) is 0 Å². The standard InChI is InChI=1S/C16H18N2O3S/c1-11-5-4-6-14(12(11)2)16(19)18-10-13-7-8-15(17-9-13)22(3,20)21/h4-9H,10H2,1-3H3,(H,18,19). The Kier molecular flexibility index (Phi) is 4.61. The highest BCUT2D eigenvalue weighted by atomic mass is 32.2. The van der Waals surface area contributed by atoms with Gasteiger partial charge in [-0.1, -0.05) is 18.2 Å². The molecule has 1 aromatic heterocycles. The van der Waals surface area contributed by atoms with Gasteiger partial charge in [-0.3, -0.25) is 4.79 Å². The van der Waals surface area contributed by atoms with Crippen molar-refractivity contribution in [2.45, 2.75) is 25.4 Å². The SMILES string of the molecule is Cc1cccc(C(=O)NCc2ccc(S(C)(=O)=O)nc2)c1C. The lowest BCUT2D eigenvalue weighted by atomic mass is 10.0. The van der Waals surface area contributed by atoms with Gasteiger partial charge in [-0.05, 0) is 42.7 Å². The van der Waals surface area contributed by atoms with E-state index in [4.69, 9.17) is 0 Å². The third-order valence-electron chi connectivity index (χ3n) is 3.48. The average molecular weight is 318 g/mol. The van der Waals surface area contributed by atoms with E-state index in [1.165, 1.54) is 12.3 Å². The maximum Gasteiger partial charge on any atom is 0.251 e. The smallest absolute Gasteiger partial charge is 0.251 e. The van der Waals surface area contributed by atoms with Crippen LogP contribution >= 0.6 is 0 Å². The van der Waals surface area contributed by atoms with Crippen molar-refractivity contribution in [3.8, 4) is 0 Å². The second-order valence-corrected chi connectivity index (χ2v) is 7.17. The van der Waals surface area contributed by atoms with Gasteiger partial charge in [0.2, 0.25) is 0 Å². The van der Waals surface area contributed by atoms with E-state index >= 15 is 0 Å². The molecule has 0 saturated carbocycles. The van der Waals surface area contributed by atoms with Crippen LogP contribution in [0.1, 0.15) is 27.0 Å². The Bertz CT molecular complexity index is 797. The monoisotopic (exact) mass is 318 g/mol. The zero-order chi connectivity index (χ0) is 16.3. The average Bonchev–Trinajstić information content (AvgIpc) is 2.47. The summed E-state index contributed by atoms with van der Waals surface area (Å²) in [6.07, 6.45) is 2.57. The highest BCUT2D eigenvalue weighted by molar-refractivity contribution is 7.90. The number of hydrogen-bond donors (Lipinski definition) is 1. The topological polar surface area (TPSA) is 76.1 Å². The van der Waals surface area contributed by atoms with Crippen LogP contribution in [0.25, 0.3) is 0 Å². The highest BCUT2D eigenvalue weighted by Crippen LogP contribution is 2.13. The third kappa shape index (κ3) is 3.71. The van der Waals surface area contributed by atoms with Gasteiger partial charge in [0.05, 0.1) is 0 Å². The Labute approximate surface area is 130 Å². The fourth-order valence-corrected chi connectivity index (χ4v) is 2.57. The minimum Gasteiger partial charge on any atom is -0.348 e. The molecular weight excluding hydrogens is 300 g/mol. The van der Waals surface area contributed by atoms with E-state index in [1.807, 2.05) is 26.0 Å². The van der Waals surface area contributed by atoms with Gasteiger partial charge in [-0.15, -0.1) is 0 Å². The van der Waals surface area contributed by atoms with Crippen molar-refractivity contribution < 1.29 is 13.2 Å². The van der Waals surface area contributed by atoms with Gasteiger partial charge in [0.1, 0.15) is 0 Å². The molecule has 1 heterocycles. The van der Waals surface area contributed by atoms with Gasteiger partial charge in [-0.25, -0.2) is 13.4 Å². The van der Waals surface area contributed by atoms with Crippen molar-refractivity contribution in [3.63, 3.8) is 0 Å². The van der Waals surface area contributed by atoms with Gasteiger partial charge in [-0.2, -0.15) is 0 Å². The van der Waals surface area contributed by atoms with E-state index in [9.17, 15) is 13.2 Å². The molecule has 0 aliphatic heterocycles. The van der Waals surface area contributed by atoms with Gasteiger partial charge < -0.3 is 5.32 Å². The summed E-state index contributed by atoms with van der Waals surface area (Å²) in [7, 11) is -3.30. The Hall–Kier alpha value is -2.21. The van der Waals surface area contributed by atoms with Crippen LogP contribution in [-0.4, -0.2) is 25.6 Å². The second kappa shape index (κ2) is 6.27. The first-order valence-corrected chi connectivity index (χ1v) is 8.67. The molecule has 6 heteroatoms. The first-order chi connectivity index (χ1) is 10.3. The van der Waals surface area contributed by atoms with E-state index in [0.717, 1.165) is 22.9 Å². The lowest BCUT2D eigenvalue weighted by Gasteiger charge is -2.09. The van der Waals surface area contributed by atoms with E-state index in [2.05, 4.69) is 10.3 Å². The van der Waals surface area contributed by atoms with Gasteiger partial charge in [0, 0.05) is 24.6 Å². The summed E-state index contributed by atoms with van der Waals surface area (Å²) in [5, 5.41) is 2.84. The first-order valence-electron chi connectivity index (χ1n) is 6.78. The lowest BCUT2D eigenvalue weighted by molar-refractivity contribution is 0.0950. The summed E-state index contributed by atoms with van der Waals surface area (Å²) in [5.74, 6) is -0.159.